The van der Waals surface area contributed by atoms with Crippen molar-refractivity contribution in [3.63, 3.8) is 0 Å². The zero-order valence-electron chi connectivity index (χ0n) is 14.4. The predicted molar refractivity (Wildman–Crippen MR) is 88.0 cm³/mol. The topological polar surface area (TPSA) is 15.3 Å². The highest BCUT2D eigenvalue weighted by atomic mass is 15.2. The third kappa shape index (κ3) is 4.21. The number of nitrogens with one attached hydrogen (secondary N) is 1. The van der Waals surface area contributed by atoms with Crippen molar-refractivity contribution in [3.8, 4) is 0 Å². The van der Waals surface area contributed by atoms with E-state index in [1.165, 1.54) is 51.9 Å². The van der Waals surface area contributed by atoms with Crippen molar-refractivity contribution in [2.75, 3.05) is 26.2 Å². The van der Waals surface area contributed by atoms with Gasteiger partial charge in [-0.25, -0.2) is 0 Å². The van der Waals surface area contributed by atoms with Crippen LogP contribution in [0.15, 0.2) is 0 Å². The van der Waals surface area contributed by atoms with Crippen LogP contribution < -0.4 is 5.32 Å². The van der Waals surface area contributed by atoms with Gasteiger partial charge in [0.05, 0.1) is 0 Å². The summed E-state index contributed by atoms with van der Waals surface area (Å²) in [6, 6.07) is 0.748. The second kappa shape index (κ2) is 6.79. The number of rotatable bonds is 5. The van der Waals surface area contributed by atoms with Crippen LogP contribution in [0, 0.1) is 23.2 Å². The minimum atomic E-state index is 0.539. The van der Waals surface area contributed by atoms with Crippen molar-refractivity contribution in [1.29, 1.82) is 0 Å². The normalized spacial score (nSPS) is 38.2. The number of hydrogen-bond acceptors (Lipinski definition) is 2. The van der Waals surface area contributed by atoms with Crippen molar-refractivity contribution in [2.24, 2.45) is 23.2 Å². The minimum absolute atomic E-state index is 0.539. The summed E-state index contributed by atoms with van der Waals surface area (Å²) in [6.07, 6.45) is 5.43. The molecular weight excluding hydrogens is 244 g/mol. The van der Waals surface area contributed by atoms with Gasteiger partial charge in [-0.05, 0) is 61.9 Å². The Balaban J connectivity index is 1.94. The smallest absolute Gasteiger partial charge is 0.0113 e. The van der Waals surface area contributed by atoms with Crippen LogP contribution in [0.3, 0.4) is 0 Å². The summed E-state index contributed by atoms with van der Waals surface area (Å²) in [5, 5.41) is 3.85. The van der Waals surface area contributed by atoms with Gasteiger partial charge in [-0.2, -0.15) is 0 Å². The van der Waals surface area contributed by atoms with E-state index in [4.69, 9.17) is 0 Å². The quantitative estimate of drug-likeness (QED) is 0.824. The summed E-state index contributed by atoms with van der Waals surface area (Å²) >= 11 is 0. The van der Waals surface area contributed by atoms with Crippen LogP contribution >= 0.6 is 0 Å². The summed E-state index contributed by atoms with van der Waals surface area (Å²) in [7, 11) is 0. The SMILES string of the molecule is CCCNC1CC(C)CC(C)C1CN1CCC(C)(C)C1. The highest BCUT2D eigenvalue weighted by Gasteiger charge is 2.37. The molecule has 1 N–H and O–H groups in total. The fraction of sp³-hybridized carbons (Fsp3) is 1.00. The molecule has 2 heteroatoms. The van der Waals surface area contributed by atoms with Crippen molar-refractivity contribution >= 4 is 0 Å². The summed E-state index contributed by atoms with van der Waals surface area (Å²) in [5.74, 6) is 2.62. The fourth-order valence-electron chi connectivity index (χ4n) is 4.46. The van der Waals surface area contributed by atoms with Crippen LogP contribution in [0.5, 0.6) is 0 Å². The standard InChI is InChI=1S/C18H36N2/c1-6-8-19-17-11-14(2)10-15(3)16(17)12-20-9-7-18(4,5)13-20/h14-17,19H,6-13H2,1-5H3. The Morgan fingerprint density at radius 1 is 1.20 bits per heavy atom. The van der Waals surface area contributed by atoms with E-state index in [2.05, 4.69) is 44.8 Å². The monoisotopic (exact) mass is 280 g/mol. The van der Waals surface area contributed by atoms with Crippen LogP contribution in [0.4, 0.5) is 0 Å². The Hall–Kier alpha value is -0.0800. The van der Waals surface area contributed by atoms with Crippen molar-refractivity contribution in [3.05, 3.63) is 0 Å². The molecule has 4 unspecified atom stereocenters. The molecular formula is C18H36N2. The highest BCUT2D eigenvalue weighted by Crippen LogP contribution is 2.36. The van der Waals surface area contributed by atoms with Crippen LogP contribution in [-0.4, -0.2) is 37.1 Å². The second-order valence-electron chi connectivity index (χ2n) is 8.43. The van der Waals surface area contributed by atoms with Gasteiger partial charge in [-0.15, -0.1) is 0 Å². The van der Waals surface area contributed by atoms with Crippen LogP contribution in [0.25, 0.3) is 0 Å². The van der Waals surface area contributed by atoms with E-state index in [1.54, 1.807) is 0 Å². The summed E-state index contributed by atoms with van der Waals surface area (Å²) < 4.78 is 0. The lowest BCUT2D eigenvalue weighted by atomic mass is 9.72. The third-order valence-electron chi connectivity index (χ3n) is 5.56. The average Bonchev–Trinajstić information content (AvgIpc) is 2.70. The first-order valence-electron chi connectivity index (χ1n) is 8.87. The number of likely N-dealkylation sites (tertiary alicyclic amines) is 1. The van der Waals surface area contributed by atoms with E-state index in [0.717, 1.165) is 23.8 Å². The van der Waals surface area contributed by atoms with Crippen LogP contribution in [0.1, 0.15) is 60.3 Å². The average molecular weight is 280 g/mol. The van der Waals surface area contributed by atoms with Crippen molar-refractivity contribution in [1.82, 2.24) is 10.2 Å². The Kier molecular flexibility index (Phi) is 5.53. The van der Waals surface area contributed by atoms with E-state index >= 15 is 0 Å². The van der Waals surface area contributed by atoms with E-state index in [-0.39, 0.29) is 0 Å². The third-order valence-corrected chi connectivity index (χ3v) is 5.56. The number of hydrogen-bond donors (Lipinski definition) is 1. The molecule has 0 radical (unpaired) electrons. The Bertz CT molecular complexity index is 300. The maximum atomic E-state index is 3.85. The molecule has 1 heterocycles. The van der Waals surface area contributed by atoms with Gasteiger partial charge in [0, 0.05) is 19.1 Å². The molecule has 1 saturated carbocycles. The van der Waals surface area contributed by atoms with Crippen molar-refractivity contribution in [2.45, 2.75) is 66.3 Å². The second-order valence-corrected chi connectivity index (χ2v) is 8.43. The molecule has 0 bridgehead atoms. The Morgan fingerprint density at radius 2 is 1.95 bits per heavy atom. The molecule has 2 rings (SSSR count). The fourth-order valence-corrected chi connectivity index (χ4v) is 4.46. The van der Waals surface area contributed by atoms with Gasteiger partial charge in [0.25, 0.3) is 0 Å². The molecule has 2 aliphatic rings. The predicted octanol–water partition coefficient (Wildman–Crippen LogP) is 3.77. The summed E-state index contributed by atoms with van der Waals surface area (Å²) in [5.41, 5.74) is 0.539. The van der Waals surface area contributed by atoms with E-state index < -0.39 is 0 Å². The molecule has 2 nitrogen and oxygen atoms in total. The molecule has 0 amide bonds. The molecule has 118 valence electrons. The molecule has 0 aromatic rings. The highest BCUT2D eigenvalue weighted by molar-refractivity contribution is 4.92. The molecule has 4 atom stereocenters. The first kappa shape index (κ1) is 16.3. The molecule has 1 saturated heterocycles. The van der Waals surface area contributed by atoms with Gasteiger partial charge >= 0.3 is 0 Å². The van der Waals surface area contributed by atoms with Crippen LogP contribution in [-0.2, 0) is 0 Å². The molecule has 2 fully saturated rings. The van der Waals surface area contributed by atoms with Gasteiger partial charge < -0.3 is 10.2 Å². The molecule has 0 aromatic heterocycles. The largest absolute Gasteiger partial charge is 0.314 e. The van der Waals surface area contributed by atoms with Crippen LogP contribution in [0.2, 0.25) is 0 Å². The van der Waals surface area contributed by atoms with E-state index in [1.807, 2.05) is 0 Å². The van der Waals surface area contributed by atoms with Crippen molar-refractivity contribution < 1.29 is 0 Å². The maximum absolute atomic E-state index is 3.85. The molecule has 1 aliphatic heterocycles. The Labute approximate surface area is 126 Å². The zero-order chi connectivity index (χ0) is 14.8. The summed E-state index contributed by atoms with van der Waals surface area (Å²) in [4.78, 5) is 2.73. The molecule has 0 spiro atoms. The van der Waals surface area contributed by atoms with Gasteiger partial charge in [-0.3, -0.25) is 0 Å². The first-order chi connectivity index (χ1) is 9.41. The number of nitrogens with zero attached hydrogens (tertiary/aromatic N) is 1. The van der Waals surface area contributed by atoms with Gasteiger partial charge in [-0.1, -0.05) is 34.6 Å². The summed E-state index contributed by atoms with van der Waals surface area (Å²) in [6.45, 7) is 17.2. The Morgan fingerprint density at radius 3 is 2.55 bits per heavy atom. The van der Waals surface area contributed by atoms with Gasteiger partial charge in [0.2, 0.25) is 0 Å². The zero-order valence-corrected chi connectivity index (χ0v) is 14.4. The first-order valence-corrected chi connectivity index (χ1v) is 8.87. The molecule has 1 aliphatic carbocycles. The molecule has 0 aromatic carbocycles. The lowest BCUT2D eigenvalue weighted by molar-refractivity contribution is 0.107. The van der Waals surface area contributed by atoms with Gasteiger partial charge in [0.1, 0.15) is 0 Å². The van der Waals surface area contributed by atoms with E-state index in [9.17, 15) is 0 Å². The molecule has 20 heavy (non-hydrogen) atoms. The van der Waals surface area contributed by atoms with E-state index in [0.29, 0.717) is 5.41 Å². The van der Waals surface area contributed by atoms with Gasteiger partial charge in [0.15, 0.2) is 0 Å². The maximum Gasteiger partial charge on any atom is 0.0113 e. The lowest BCUT2D eigenvalue weighted by Gasteiger charge is -2.42. The minimum Gasteiger partial charge on any atom is -0.314 e. The lowest BCUT2D eigenvalue weighted by Crippen LogP contribution is -2.49.